The van der Waals surface area contributed by atoms with Crippen molar-refractivity contribution in [2.24, 2.45) is 0 Å². The van der Waals surface area contributed by atoms with E-state index in [1.54, 1.807) is 0 Å². The van der Waals surface area contributed by atoms with Crippen LogP contribution in [0.1, 0.15) is 226 Å². The first-order valence-corrected chi connectivity index (χ1v) is 30.3. The topological polar surface area (TPSA) is 155 Å². The Morgan fingerprint density at radius 3 is 1.12 bits per heavy atom. The molecule has 0 aromatic carbocycles. The van der Waals surface area contributed by atoms with Crippen molar-refractivity contribution in [2.45, 2.75) is 238 Å². The van der Waals surface area contributed by atoms with Crippen LogP contribution in [0.15, 0.2) is 109 Å². The van der Waals surface area contributed by atoms with Crippen LogP contribution in [0.2, 0.25) is 0 Å². The zero-order valence-electron chi connectivity index (χ0n) is 46.5. The SMILES string of the molecule is CC/C=C\C/C=C\C/C=C\C/C=C\CCCCC(=O)OCC(COP(=O)(O)OCC(CO)OC(=O)CCCC/C=C\C/C=C\C/C=C\C/C=C\CC)OC(=O)CCCCCCCCC/C=C\CCCCCCCC. The normalized spacial score (nSPS) is 14.2. The molecule has 3 atom stereocenters. The first kappa shape index (κ1) is 70.1. The lowest BCUT2D eigenvalue weighted by Gasteiger charge is -2.21. The van der Waals surface area contributed by atoms with E-state index in [9.17, 15) is 28.9 Å². The summed E-state index contributed by atoms with van der Waals surface area (Å²) in [4.78, 5) is 48.5. The minimum atomic E-state index is -4.78. The predicted octanol–water partition coefficient (Wildman–Crippen LogP) is 17.0. The quantitative estimate of drug-likeness (QED) is 0.0197. The van der Waals surface area contributed by atoms with Crippen molar-refractivity contribution in [1.82, 2.24) is 0 Å². The molecule has 0 aromatic heterocycles. The molecular weight excluding hydrogens is 952 g/mol. The average molecular weight is 1060 g/mol. The molecule has 0 aliphatic carbocycles. The molecule has 0 amide bonds. The highest BCUT2D eigenvalue weighted by atomic mass is 31.2. The lowest BCUT2D eigenvalue weighted by Crippen LogP contribution is -2.30. The van der Waals surface area contributed by atoms with Gasteiger partial charge in [-0.25, -0.2) is 4.57 Å². The summed E-state index contributed by atoms with van der Waals surface area (Å²) in [7, 11) is -4.78. The third-order valence-electron chi connectivity index (χ3n) is 11.7. The molecule has 12 heteroatoms. The maximum absolute atomic E-state index is 12.9. The highest BCUT2D eigenvalue weighted by molar-refractivity contribution is 7.47. The summed E-state index contributed by atoms with van der Waals surface area (Å²) >= 11 is 0. The number of aliphatic hydroxyl groups is 1. The average Bonchev–Trinajstić information content (AvgIpc) is 3.39. The zero-order chi connectivity index (χ0) is 54.1. The van der Waals surface area contributed by atoms with E-state index in [4.69, 9.17) is 23.3 Å². The summed E-state index contributed by atoms with van der Waals surface area (Å²) in [6.45, 7) is 4.30. The van der Waals surface area contributed by atoms with Crippen LogP contribution in [0.3, 0.4) is 0 Å². The molecule has 74 heavy (non-hydrogen) atoms. The summed E-state index contributed by atoms with van der Waals surface area (Å²) in [5.41, 5.74) is 0. The number of carbonyl (C=O) groups excluding carboxylic acids is 3. The Morgan fingerprint density at radius 1 is 0.392 bits per heavy atom. The van der Waals surface area contributed by atoms with E-state index in [0.29, 0.717) is 19.3 Å². The maximum Gasteiger partial charge on any atom is 0.472 e. The smallest absolute Gasteiger partial charge is 0.462 e. The Bertz CT molecular complexity index is 1660. The van der Waals surface area contributed by atoms with Gasteiger partial charge in [-0.2, -0.15) is 0 Å². The number of phosphoric ester groups is 1. The Morgan fingerprint density at radius 2 is 0.703 bits per heavy atom. The van der Waals surface area contributed by atoms with Gasteiger partial charge in [0.25, 0.3) is 0 Å². The molecular formula is C62H103O11P. The zero-order valence-corrected chi connectivity index (χ0v) is 47.4. The molecule has 0 radical (unpaired) electrons. The summed E-state index contributed by atoms with van der Waals surface area (Å²) in [6, 6.07) is 0. The molecule has 11 nitrogen and oxygen atoms in total. The molecule has 2 N–H and O–H groups in total. The number of allylic oxidation sites excluding steroid dienone is 18. The van der Waals surface area contributed by atoms with Gasteiger partial charge in [0.2, 0.25) is 0 Å². The summed E-state index contributed by atoms with van der Waals surface area (Å²) < 4.78 is 39.4. The van der Waals surface area contributed by atoms with Gasteiger partial charge in [-0.3, -0.25) is 23.4 Å². The fraction of sp³-hybridized carbons (Fsp3) is 0.661. The van der Waals surface area contributed by atoms with E-state index in [2.05, 4.69) is 130 Å². The Hall–Kier alpha value is -3.86. The van der Waals surface area contributed by atoms with Gasteiger partial charge < -0.3 is 24.2 Å². The van der Waals surface area contributed by atoms with E-state index >= 15 is 0 Å². The second kappa shape index (κ2) is 55.4. The van der Waals surface area contributed by atoms with Crippen LogP contribution in [-0.4, -0.2) is 66.5 Å². The van der Waals surface area contributed by atoms with E-state index in [1.165, 1.54) is 57.8 Å². The largest absolute Gasteiger partial charge is 0.472 e. The van der Waals surface area contributed by atoms with Gasteiger partial charge in [-0.05, 0) is 122 Å². The second-order valence-corrected chi connectivity index (χ2v) is 20.1. The minimum Gasteiger partial charge on any atom is -0.462 e. The van der Waals surface area contributed by atoms with Gasteiger partial charge in [0, 0.05) is 19.3 Å². The standard InChI is InChI=1S/C62H103O11P/c1-4-7-10-13-16-19-22-25-28-29-32-35-38-41-44-47-50-53-62(66)73-59(55-69-60(64)51-48-45-42-39-36-33-30-26-23-20-17-14-11-8-5-2)57-71-74(67,68)70-56-58(54-63)72-61(65)52-49-46-43-40-37-34-31-27-24-21-18-15-12-9-6-3/h8-9,11-12,17-18,20-21,25-28,30-31,36-37,39-40,58-59,63H,4-7,10,13-16,19,22-24,29,32-35,38,41-57H2,1-3H3,(H,67,68)/b11-8-,12-9-,20-17-,21-18-,28-25-,30-26-,31-27-,39-36-,40-37-. The van der Waals surface area contributed by atoms with Gasteiger partial charge in [-0.1, -0.05) is 194 Å². The van der Waals surface area contributed by atoms with Crippen molar-refractivity contribution < 1.29 is 52.2 Å². The summed E-state index contributed by atoms with van der Waals surface area (Å²) in [6.07, 6.45) is 66.3. The maximum atomic E-state index is 12.9. The van der Waals surface area contributed by atoms with E-state index in [1.807, 2.05) is 0 Å². The van der Waals surface area contributed by atoms with Crippen LogP contribution in [0.25, 0.3) is 0 Å². The lowest BCUT2D eigenvalue weighted by molar-refractivity contribution is -0.161. The van der Waals surface area contributed by atoms with Gasteiger partial charge >= 0.3 is 25.7 Å². The third-order valence-corrected chi connectivity index (χ3v) is 12.6. The highest BCUT2D eigenvalue weighted by Gasteiger charge is 2.28. The fourth-order valence-electron chi connectivity index (χ4n) is 7.33. The van der Waals surface area contributed by atoms with Crippen molar-refractivity contribution in [2.75, 3.05) is 26.4 Å². The first-order chi connectivity index (χ1) is 36.2. The Kier molecular flexibility index (Phi) is 52.5. The number of hydrogen-bond acceptors (Lipinski definition) is 10. The minimum absolute atomic E-state index is 0.117. The van der Waals surface area contributed by atoms with Crippen molar-refractivity contribution >= 4 is 25.7 Å². The number of rotatable bonds is 52. The van der Waals surface area contributed by atoms with Crippen LogP contribution < -0.4 is 0 Å². The van der Waals surface area contributed by atoms with Crippen molar-refractivity contribution in [3.63, 3.8) is 0 Å². The molecule has 0 rings (SSSR count). The van der Waals surface area contributed by atoms with Gasteiger partial charge in [-0.15, -0.1) is 0 Å². The molecule has 0 aliphatic rings. The molecule has 422 valence electrons. The Balaban J connectivity index is 4.83. The molecule has 0 saturated heterocycles. The number of carbonyl (C=O) groups is 3. The van der Waals surface area contributed by atoms with Gasteiger partial charge in [0.15, 0.2) is 6.10 Å². The molecule has 0 heterocycles. The number of esters is 3. The van der Waals surface area contributed by atoms with Crippen molar-refractivity contribution in [1.29, 1.82) is 0 Å². The monoisotopic (exact) mass is 1050 g/mol. The summed E-state index contributed by atoms with van der Waals surface area (Å²) in [5, 5.41) is 9.81. The van der Waals surface area contributed by atoms with Gasteiger partial charge in [0.1, 0.15) is 12.7 Å². The number of hydrogen-bond donors (Lipinski definition) is 2. The summed E-state index contributed by atoms with van der Waals surface area (Å²) in [5.74, 6) is -1.57. The van der Waals surface area contributed by atoms with Crippen molar-refractivity contribution in [3.8, 4) is 0 Å². The second-order valence-electron chi connectivity index (χ2n) is 18.7. The molecule has 0 fully saturated rings. The molecule has 0 aromatic rings. The highest BCUT2D eigenvalue weighted by Crippen LogP contribution is 2.43. The van der Waals surface area contributed by atoms with Crippen LogP contribution in [0.4, 0.5) is 0 Å². The molecule has 3 unspecified atom stereocenters. The Labute approximate surface area is 450 Å². The molecule has 0 aliphatic heterocycles. The number of ether oxygens (including phenoxy) is 3. The third kappa shape index (κ3) is 53.0. The fourth-order valence-corrected chi connectivity index (χ4v) is 8.12. The van der Waals surface area contributed by atoms with Crippen LogP contribution in [0, 0.1) is 0 Å². The van der Waals surface area contributed by atoms with Crippen molar-refractivity contribution in [3.05, 3.63) is 109 Å². The lowest BCUT2D eigenvalue weighted by atomic mass is 10.1. The molecule has 0 bridgehead atoms. The first-order valence-electron chi connectivity index (χ1n) is 28.8. The molecule has 0 spiro atoms. The number of aliphatic hydroxyl groups excluding tert-OH is 1. The van der Waals surface area contributed by atoms with Crippen LogP contribution in [0.5, 0.6) is 0 Å². The van der Waals surface area contributed by atoms with Gasteiger partial charge in [0.05, 0.1) is 19.8 Å². The van der Waals surface area contributed by atoms with E-state index < -0.39 is 57.8 Å². The van der Waals surface area contributed by atoms with Crippen LogP contribution in [-0.2, 0) is 42.2 Å². The molecule has 0 saturated carbocycles. The number of unbranched alkanes of at least 4 members (excludes halogenated alkanes) is 17. The van der Waals surface area contributed by atoms with E-state index in [0.717, 1.165) is 109 Å². The predicted molar refractivity (Wildman–Crippen MR) is 307 cm³/mol. The van der Waals surface area contributed by atoms with E-state index in [-0.39, 0.29) is 25.9 Å². The van der Waals surface area contributed by atoms with Crippen LogP contribution >= 0.6 is 7.82 Å². The number of phosphoric acid groups is 1.